The molecule has 1 rings (SSSR count). The largest absolute Gasteiger partial charge is 0.418 e. The van der Waals surface area contributed by atoms with Crippen molar-refractivity contribution in [2.24, 2.45) is 0 Å². The van der Waals surface area contributed by atoms with Crippen LogP contribution in [-0.4, -0.2) is 4.98 Å². The molecule has 0 aliphatic rings. The number of nitrogens with zero attached hydrogens (tertiary/aromatic N) is 1. The average molecular weight is 178 g/mol. The van der Waals surface area contributed by atoms with Gasteiger partial charge in [-0.15, -0.1) is 0 Å². The Hall–Kier alpha value is -1.10. The highest BCUT2D eigenvalue weighted by Gasteiger charge is 2.32. The van der Waals surface area contributed by atoms with E-state index in [1.165, 1.54) is 19.2 Å². The van der Waals surface area contributed by atoms with Crippen LogP contribution in [0.4, 0.5) is 13.2 Å². The van der Waals surface area contributed by atoms with E-state index in [2.05, 4.69) is 4.98 Å². The zero-order valence-corrected chi connectivity index (χ0v) is 6.52. The van der Waals surface area contributed by atoms with Crippen molar-refractivity contribution in [3.63, 3.8) is 0 Å². The van der Waals surface area contributed by atoms with Gasteiger partial charge in [-0.3, -0.25) is 4.98 Å². The Balaban J connectivity index is 0.00000121. The van der Waals surface area contributed by atoms with Crippen LogP contribution in [0.2, 0.25) is 0 Å². The van der Waals surface area contributed by atoms with Crippen LogP contribution in [0.3, 0.4) is 0 Å². The SMILES string of the molecule is Cc1ncccc1C(F)(F)F.N. The molecule has 0 amide bonds. The second kappa shape index (κ2) is 3.53. The van der Waals surface area contributed by atoms with Crippen molar-refractivity contribution in [1.29, 1.82) is 0 Å². The number of alkyl halides is 3. The highest BCUT2D eigenvalue weighted by atomic mass is 19.4. The van der Waals surface area contributed by atoms with Gasteiger partial charge in [-0.1, -0.05) is 0 Å². The van der Waals surface area contributed by atoms with Crippen LogP contribution in [0.5, 0.6) is 0 Å². The number of aromatic nitrogens is 1. The van der Waals surface area contributed by atoms with Gasteiger partial charge in [0, 0.05) is 11.9 Å². The van der Waals surface area contributed by atoms with Crippen molar-refractivity contribution < 1.29 is 13.2 Å². The third-order valence-electron chi connectivity index (χ3n) is 1.31. The molecule has 0 aromatic carbocycles. The Morgan fingerprint density at radius 1 is 1.33 bits per heavy atom. The van der Waals surface area contributed by atoms with Crippen LogP contribution in [0.25, 0.3) is 0 Å². The predicted molar refractivity (Wildman–Crippen MR) is 39.0 cm³/mol. The van der Waals surface area contributed by atoms with Gasteiger partial charge < -0.3 is 6.15 Å². The van der Waals surface area contributed by atoms with Gasteiger partial charge in [0.25, 0.3) is 0 Å². The summed E-state index contributed by atoms with van der Waals surface area (Å²) in [6.07, 6.45) is -2.94. The molecule has 0 saturated heterocycles. The van der Waals surface area contributed by atoms with Crippen molar-refractivity contribution >= 4 is 0 Å². The van der Waals surface area contributed by atoms with Gasteiger partial charge in [0.2, 0.25) is 0 Å². The summed E-state index contributed by atoms with van der Waals surface area (Å²) in [7, 11) is 0. The number of halogens is 3. The maximum absolute atomic E-state index is 12.0. The first-order valence-corrected chi connectivity index (χ1v) is 3.00. The van der Waals surface area contributed by atoms with Crippen LogP contribution in [-0.2, 0) is 6.18 Å². The van der Waals surface area contributed by atoms with Crippen LogP contribution in [0.1, 0.15) is 11.3 Å². The first-order valence-electron chi connectivity index (χ1n) is 3.00. The van der Waals surface area contributed by atoms with Crippen LogP contribution >= 0.6 is 0 Å². The zero-order valence-electron chi connectivity index (χ0n) is 6.52. The Kier molecular flexibility index (Phi) is 3.21. The van der Waals surface area contributed by atoms with Gasteiger partial charge in [-0.25, -0.2) is 0 Å². The lowest BCUT2D eigenvalue weighted by molar-refractivity contribution is -0.138. The topological polar surface area (TPSA) is 47.9 Å². The smallest absolute Gasteiger partial charge is 0.344 e. The summed E-state index contributed by atoms with van der Waals surface area (Å²) in [6, 6.07) is 2.29. The highest BCUT2D eigenvalue weighted by Crippen LogP contribution is 2.30. The van der Waals surface area contributed by atoms with E-state index in [0.717, 1.165) is 6.07 Å². The summed E-state index contributed by atoms with van der Waals surface area (Å²) in [5, 5.41) is 0. The van der Waals surface area contributed by atoms with Gasteiger partial charge in [-0.05, 0) is 19.1 Å². The molecular weight excluding hydrogens is 169 g/mol. The van der Waals surface area contributed by atoms with E-state index < -0.39 is 11.7 Å². The maximum atomic E-state index is 12.0. The van der Waals surface area contributed by atoms with E-state index >= 15 is 0 Å². The Labute approximate surface area is 68.0 Å². The molecule has 0 radical (unpaired) electrons. The molecule has 0 fully saturated rings. The summed E-state index contributed by atoms with van der Waals surface area (Å²) >= 11 is 0. The first-order chi connectivity index (χ1) is 5.02. The molecule has 0 aliphatic heterocycles. The van der Waals surface area contributed by atoms with E-state index in [1.54, 1.807) is 0 Å². The fourth-order valence-electron chi connectivity index (χ4n) is 0.784. The van der Waals surface area contributed by atoms with Crippen LogP contribution in [0.15, 0.2) is 18.3 Å². The standard InChI is InChI=1S/C7H6F3N.H3N/c1-5-6(7(8,9)10)3-2-4-11-5;/h2-4H,1H3;1H3. The molecule has 3 N–H and O–H groups in total. The third-order valence-corrected chi connectivity index (χ3v) is 1.31. The summed E-state index contributed by atoms with van der Waals surface area (Å²) in [5.41, 5.74) is -0.653. The van der Waals surface area contributed by atoms with E-state index in [0.29, 0.717) is 0 Å². The zero-order chi connectivity index (χ0) is 8.48. The number of hydrogen-bond acceptors (Lipinski definition) is 2. The quantitative estimate of drug-likeness (QED) is 0.663. The van der Waals surface area contributed by atoms with E-state index in [4.69, 9.17) is 0 Å². The molecule has 0 aliphatic carbocycles. The number of rotatable bonds is 0. The molecule has 5 heteroatoms. The Bertz CT molecular complexity index is 257. The van der Waals surface area contributed by atoms with Crippen molar-refractivity contribution in [2.45, 2.75) is 13.1 Å². The number of aryl methyl sites for hydroxylation is 1. The highest BCUT2D eigenvalue weighted by molar-refractivity contribution is 5.21. The summed E-state index contributed by atoms with van der Waals surface area (Å²) in [5.74, 6) is 0. The van der Waals surface area contributed by atoms with Crippen molar-refractivity contribution in [3.05, 3.63) is 29.6 Å². The molecule has 0 bridgehead atoms. The van der Waals surface area contributed by atoms with E-state index in [-0.39, 0.29) is 11.8 Å². The molecule has 1 aromatic heterocycles. The summed E-state index contributed by atoms with van der Waals surface area (Å²) in [6.45, 7) is 1.34. The first kappa shape index (κ1) is 10.9. The van der Waals surface area contributed by atoms with Gasteiger partial charge in [0.15, 0.2) is 0 Å². The summed E-state index contributed by atoms with van der Waals surface area (Å²) in [4.78, 5) is 3.53. The molecule has 1 heterocycles. The molecular formula is C7H9F3N2. The van der Waals surface area contributed by atoms with E-state index in [9.17, 15) is 13.2 Å². The number of hydrogen-bond donors (Lipinski definition) is 1. The Morgan fingerprint density at radius 3 is 2.25 bits per heavy atom. The second-order valence-corrected chi connectivity index (χ2v) is 2.13. The molecule has 68 valence electrons. The average Bonchev–Trinajstić information content (AvgIpc) is 1.86. The van der Waals surface area contributed by atoms with Crippen molar-refractivity contribution in [3.8, 4) is 0 Å². The minimum absolute atomic E-state index is 0. The summed E-state index contributed by atoms with van der Waals surface area (Å²) < 4.78 is 36.0. The maximum Gasteiger partial charge on any atom is 0.418 e. The monoisotopic (exact) mass is 178 g/mol. The Morgan fingerprint density at radius 2 is 1.92 bits per heavy atom. The second-order valence-electron chi connectivity index (χ2n) is 2.13. The minimum atomic E-state index is -4.28. The lowest BCUT2D eigenvalue weighted by Crippen LogP contribution is -2.07. The minimum Gasteiger partial charge on any atom is -0.344 e. The molecule has 0 unspecified atom stereocenters. The molecule has 0 spiro atoms. The third kappa shape index (κ3) is 2.20. The fraction of sp³-hybridized carbons (Fsp3) is 0.286. The van der Waals surface area contributed by atoms with Gasteiger partial charge in [0.05, 0.1) is 5.56 Å². The fourth-order valence-corrected chi connectivity index (χ4v) is 0.784. The van der Waals surface area contributed by atoms with Crippen molar-refractivity contribution in [1.82, 2.24) is 11.1 Å². The lowest BCUT2D eigenvalue weighted by atomic mass is 10.2. The van der Waals surface area contributed by atoms with Gasteiger partial charge in [0.1, 0.15) is 0 Å². The normalized spacial score (nSPS) is 10.7. The molecule has 2 nitrogen and oxygen atoms in total. The lowest BCUT2D eigenvalue weighted by Gasteiger charge is -2.07. The van der Waals surface area contributed by atoms with Crippen LogP contribution < -0.4 is 6.15 Å². The van der Waals surface area contributed by atoms with Gasteiger partial charge >= 0.3 is 6.18 Å². The van der Waals surface area contributed by atoms with Crippen LogP contribution in [0, 0.1) is 6.92 Å². The predicted octanol–water partition coefficient (Wildman–Crippen LogP) is 2.57. The molecule has 0 atom stereocenters. The number of pyridine rings is 1. The van der Waals surface area contributed by atoms with E-state index in [1.807, 2.05) is 0 Å². The molecule has 1 aromatic rings. The molecule has 12 heavy (non-hydrogen) atoms. The van der Waals surface area contributed by atoms with Crippen molar-refractivity contribution in [2.75, 3.05) is 0 Å². The molecule has 0 saturated carbocycles. The van der Waals surface area contributed by atoms with Gasteiger partial charge in [-0.2, -0.15) is 13.2 Å².